The van der Waals surface area contributed by atoms with Crippen molar-refractivity contribution in [2.24, 2.45) is 0 Å². The molecule has 0 bridgehead atoms. The van der Waals surface area contributed by atoms with Gasteiger partial charge in [0.2, 0.25) is 0 Å². The molecule has 0 atom stereocenters. The van der Waals surface area contributed by atoms with Crippen molar-refractivity contribution in [2.45, 2.75) is 25.8 Å². The standard InChI is InChI=1S/C12H12N4O2/c17-16(18)10-6-4-9(5-7-10)12-13-11-3-1-2-8-15(11)14-12/h4-7H,1-3,8H2. The van der Waals surface area contributed by atoms with Crippen molar-refractivity contribution in [1.82, 2.24) is 14.8 Å². The van der Waals surface area contributed by atoms with Gasteiger partial charge in [-0.2, -0.15) is 5.10 Å². The van der Waals surface area contributed by atoms with Crippen LogP contribution >= 0.6 is 0 Å². The van der Waals surface area contributed by atoms with Gasteiger partial charge in [-0.25, -0.2) is 9.67 Å². The summed E-state index contributed by atoms with van der Waals surface area (Å²) in [6.07, 6.45) is 3.24. The number of nitro benzene ring substituents is 1. The van der Waals surface area contributed by atoms with E-state index >= 15 is 0 Å². The summed E-state index contributed by atoms with van der Waals surface area (Å²) in [7, 11) is 0. The van der Waals surface area contributed by atoms with Crippen LogP contribution < -0.4 is 0 Å². The fourth-order valence-electron chi connectivity index (χ4n) is 2.14. The fourth-order valence-corrected chi connectivity index (χ4v) is 2.14. The number of nitro groups is 1. The minimum absolute atomic E-state index is 0.0859. The summed E-state index contributed by atoms with van der Waals surface area (Å²) >= 11 is 0. The molecule has 0 fully saturated rings. The maximum atomic E-state index is 10.6. The van der Waals surface area contributed by atoms with Gasteiger partial charge in [0.1, 0.15) is 5.82 Å². The number of aromatic nitrogens is 3. The molecule has 18 heavy (non-hydrogen) atoms. The number of benzene rings is 1. The van der Waals surface area contributed by atoms with E-state index in [1.165, 1.54) is 12.1 Å². The van der Waals surface area contributed by atoms with Gasteiger partial charge in [0, 0.05) is 30.7 Å². The number of rotatable bonds is 2. The third-order valence-electron chi connectivity index (χ3n) is 3.10. The van der Waals surface area contributed by atoms with Gasteiger partial charge in [-0.15, -0.1) is 0 Å². The molecule has 1 aromatic heterocycles. The topological polar surface area (TPSA) is 73.8 Å². The Hall–Kier alpha value is -2.24. The highest BCUT2D eigenvalue weighted by atomic mass is 16.6. The van der Waals surface area contributed by atoms with E-state index in [2.05, 4.69) is 10.1 Å². The summed E-state index contributed by atoms with van der Waals surface area (Å²) in [4.78, 5) is 14.6. The molecule has 0 aliphatic carbocycles. The van der Waals surface area contributed by atoms with E-state index < -0.39 is 4.92 Å². The van der Waals surface area contributed by atoms with Crippen LogP contribution in [0.1, 0.15) is 18.7 Å². The van der Waals surface area contributed by atoms with E-state index in [1.807, 2.05) is 4.68 Å². The molecule has 92 valence electrons. The molecule has 3 rings (SSSR count). The minimum Gasteiger partial charge on any atom is -0.258 e. The second kappa shape index (κ2) is 4.21. The molecule has 2 heterocycles. The second-order valence-electron chi connectivity index (χ2n) is 4.34. The third-order valence-corrected chi connectivity index (χ3v) is 3.10. The van der Waals surface area contributed by atoms with Gasteiger partial charge in [-0.1, -0.05) is 0 Å². The van der Waals surface area contributed by atoms with Gasteiger partial charge in [0.25, 0.3) is 5.69 Å². The quantitative estimate of drug-likeness (QED) is 0.599. The number of nitrogens with zero attached hydrogens (tertiary/aromatic N) is 4. The average Bonchev–Trinajstić information content (AvgIpc) is 2.82. The fraction of sp³-hybridized carbons (Fsp3) is 0.333. The van der Waals surface area contributed by atoms with Gasteiger partial charge in [0.15, 0.2) is 5.82 Å². The smallest absolute Gasteiger partial charge is 0.258 e. The first-order valence-electron chi connectivity index (χ1n) is 5.92. The van der Waals surface area contributed by atoms with E-state index in [1.54, 1.807) is 12.1 Å². The van der Waals surface area contributed by atoms with E-state index in [4.69, 9.17) is 0 Å². The van der Waals surface area contributed by atoms with Crippen molar-refractivity contribution in [3.05, 3.63) is 40.2 Å². The minimum atomic E-state index is -0.407. The van der Waals surface area contributed by atoms with E-state index in [0.717, 1.165) is 37.2 Å². The summed E-state index contributed by atoms with van der Waals surface area (Å²) in [6, 6.07) is 6.35. The largest absolute Gasteiger partial charge is 0.269 e. The van der Waals surface area contributed by atoms with E-state index in [0.29, 0.717) is 5.82 Å². The van der Waals surface area contributed by atoms with Crippen molar-refractivity contribution in [2.75, 3.05) is 0 Å². The number of fused-ring (bicyclic) bond motifs is 1. The number of non-ortho nitro benzene ring substituents is 1. The van der Waals surface area contributed by atoms with Crippen LogP contribution in [0, 0.1) is 10.1 Å². The highest BCUT2D eigenvalue weighted by Crippen LogP contribution is 2.21. The molecule has 2 aromatic rings. The zero-order chi connectivity index (χ0) is 12.5. The predicted molar refractivity (Wildman–Crippen MR) is 65.1 cm³/mol. The first kappa shape index (κ1) is 10.9. The summed E-state index contributed by atoms with van der Waals surface area (Å²) in [5, 5.41) is 15.0. The Morgan fingerprint density at radius 2 is 2.00 bits per heavy atom. The SMILES string of the molecule is O=[N+]([O-])c1ccc(-c2nc3n(n2)CCCC3)cc1. The van der Waals surface area contributed by atoms with Crippen molar-refractivity contribution < 1.29 is 4.92 Å². The molecule has 0 N–H and O–H groups in total. The average molecular weight is 244 g/mol. The van der Waals surface area contributed by atoms with Crippen molar-refractivity contribution in [3.63, 3.8) is 0 Å². The Morgan fingerprint density at radius 1 is 1.22 bits per heavy atom. The van der Waals surface area contributed by atoms with Crippen LogP contribution in [0.15, 0.2) is 24.3 Å². The normalized spacial score (nSPS) is 14.2. The highest BCUT2D eigenvalue weighted by molar-refractivity contribution is 5.57. The van der Waals surface area contributed by atoms with Crippen LogP contribution in [0.4, 0.5) is 5.69 Å². The molecular formula is C12H12N4O2. The summed E-state index contributed by atoms with van der Waals surface area (Å²) in [5.41, 5.74) is 0.908. The van der Waals surface area contributed by atoms with Crippen LogP contribution in [0.3, 0.4) is 0 Å². The summed E-state index contributed by atoms with van der Waals surface area (Å²) in [5.74, 6) is 1.66. The monoisotopic (exact) mass is 244 g/mol. The van der Waals surface area contributed by atoms with Crippen LogP contribution in [-0.4, -0.2) is 19.7 Å². The lowest BCUT2D eigenvalue weighted by molar-refractivity contribution is -0.384. The third kappa shape index (κ3) is 1.85. The number of aryl methyl sites for hydroxylation is 2. The lowest BCUT2D eigenvalue weighted by atomic mass is 10.2. The van der Waals surface area contributed by atoms with Gasteiger partial charge < -0.3 is 0 Å². The Bertz CT molecular complexity index is 565. The van der Waals surface area contributed by atoms with Crippen LogP contribution in [0.2, 0.25) is 0 Å². The zero-order valence-corrected chi connectivity index (χ0v) is 9.74. The molecule has 1 aliphatic heterocycles. The Balaban J connectivity index is 1.94. The van der Waals surface area contributed by atoms with Gasteiger partial charge >= 0.3 is 0 Å². The predicted octanol–water partition coefficient (Wildman–Crippen LogP) is 2.19. The van der Waals surface area contributed by atoms with Crippen molar-refractivity contribution >= 4 is 5.69 Å². The zero-order valence-electron chi connectivity index (χ0n) is 9.74. The molecule has 0 unspecified atom stereocenters. The Morgan fingerprint density at radius 3 is 2.67 bits per heavy atom. The molecular weight excluding hydrogens is 232 g/mol. The van der Waals surface area contributed by atoms with Gasteiger partial charge in [-0.3, -0.25) is 10.1 Å². The second-order valence-corrected chi connectivity index (χ2v) is 4.34. The number of hydrogen-bond donors (Lipinski definition) is 0. The Kier molecular flexibility index (Phi) is 2.55. The highest BCUT2D eigenvalue weighted by Gasteiger charge is 2.15. The maximum Gasteiger partial charge on any atom is 0.269 e. The first-order chi connectivity index (χ1) is 8.74. The molecule has 0 spiro atoms. The first-order valence-corrected chi connectivity index (χ1v) is 5.92. The molecule has 0 radical (unpaired) electrons. The molecule has 0 saturated carbocycles. The Labute approximate surface area is 103 Å². The van der Waals surface area contributed by atoms with Gasteiger partial charge in [-0.05, 0) is 25.0 Å². The van der Waals surface area contributed by atoms with Crippen LogP contribution in [0.5, 0.6) is 0 Å². The molecule has 6 nitrogen and oxygen atoms in total. The van der Waals surface area contributed by atoms with Crippen molar-refractivity contribution in [3.8, 4) is 11.4 Å². The lowest BCUT2D eigenvalue weighted by Gasteiger charge is -2.09. The van der Waals surface area contributed by atoms with Crippen LogP contribution in [0.25, 0.3) is 11.4 Å². The summed E-state index contributed by atoms with van der Waals surface area (Å²) in [6.45, 7) is 0.912. The van der Waals surface area contributed by atoms with Crippen molar-refractivity contribution in [1.29, 1.82) is 0 Å². The summed E-state index contributed by atoms with van der Waals surface area (Å²) < 4.78 is 1.93. The molecule has 6 heteroatoms. The van der Waals surface area contributed by atoms with E-state index in [9.17, 15) is 10.1 Å². The molecule has 0 saturated heterocycles. The lowest BCUT2D eigenvalue weighted by Crippen LogP contribution is -2.11. The molecule has 1 aliphatic rings. The molecule has 1 aromatic carbocycles. The van der Waals surface area contributed by atoms with Gasteiger partial charge in [0.05, 0.1) is 4.92 Å². The van der Waals surface area contributed by atoms with E-state index in [-0.39, 0.29) is 5.69 Å². The maximum absolute atomic E-state index is 10.6. The van der Waals surface area contributed by atoms with Crippen LogP contribution in [-0.2, 0) is 13.0 Å². The molecule has 0 amide bonds. The number of hydrogen-bond acceptors (Lipinski definition) is 4.